The van der Waals surface area contributed by atoms with E-state index in [1.165, 1.54) is 0 Å². The van der Waals surface area contributed by atoms with Gasteiger partial charge in [-0.25, -0.2) is 8.42 Å². The van der Waals surface area contributed by atoms with Crippen LogP contribution in [0.2, 0.25) is 0 Å². The number of nitrogens with two attached hydrogens (primary N) is 1. The first-order chi connectivity index (χ1) is 11.6. The lowest BCUT2D eigenvalue weighted by atomic mass is 10.1. The number of rotatable bonds is 6. The molecule has 24 heavy (non-hydrogen) atoms. The Labute approximate surface area is 146 Å². The Bertz CT molecular complexity index is 775. The second-order valence-electron chi connectivity index (χ2n) is 6.11. The van der Waals surface area contributed by atoms with Crippen molar-refractivity contribution < 1.29 is 8.42 Å². The molecule has 1 saturated heterocycles. The van der Waals surface area contributed by atoms with E-state index >= 15 is 0 Å². The minimum absolute atomic E-state index is 0.192. The molecule has 130 valence electrons. The molecule has 2 aromatic rings. The van der Waals surface area contributed by atoms with E-state index in [1.807, 2.05) is 22.8 Å². The normalized spacial score (nSPS) is 20.1. The Kier molecular flexibility index (Phi) is 5.57. The predicted molar refractivity (Wildman–Crippen MR) is 95.6 cm³/mol. The van der Waals surface area contributed by atoms with Crippen molar-refractivity contribution in [2.75, 3.05) is 17.3 Å². The molecule has 1 fully saturated rings. The van der Waals surface area contributed by atoms with Crippen LogP contribution in [-0.2, 0) is 22.9 Å². The average Bonchev–Trinajstić information content (AvgIpc) is 2.95. The molecule has 0 bridgehead atoms. The molecule has 0 unspecified atom stereocenters. The van der Waals surface area contributed by atoms with Gasteiger partial charge in [-0.15, -0.1) is 10.2 Å². The Morgan fingerprint density at radius 2 is 2.04 bits per heavy atom. The third kappa shape index (κ3) is 4.37. The first-order valence-electron chi connectivity index (χ1n) is 8.06. The van der Waals surface area contributed by atoms with Crippen molar-refractivity contribution in [2.45, 2.75) is 31.1 Å². The smallest absolute Gasteiger partial charge is 0.191 e. The zero-order valence-corrected chi connectivity index (χ0v) is 15.1. The quantitative estimate of drug-likeness (QED) is 0.783. The zero-order valence-electron chi connectivity index (χ0n) is 13.5. The van der Waals surface area contributed by atoms with Crippen molar-refractivity contribution in [2.24, 2.45) is 11.7 Å². The molecule has 1 aromatic carbocycles. The summed E-state index contributed by atoms with van der Waals surface area (Å²) >= 11 is 1.58. The van der Waals surface area contributed by atoms with Gasteiger partial charge in [-0.05, 0) is 24.3 Å². The molecular formula is C16H22N4O2S2. The van der Waals surface area contributed by atoms with Crippen LogP contribution in [0.15, 0.2) is 35.5 Å². The minimum atomic E-state index is -2.87. The third-order valence-corrected chi connectivity index (χ3v) is 7.25. The summed E-state index contributed by atoms with van der Waals surface area (Å²) in [5, 5.41) is 9.23. The highest BCUT2D eigenvalue weighted by Gasteiger charge is 2.25. The number of hydrogen-bond acceptors (Lipinski definition) is 6. The van der Waals surface area contributed by atoms with E-state index in [4.69, 9.17) is 5.73 Å². The Balaban J connectivity index is 1.70. The molecule has 0 saturated carbocycles. The topological polar surface area (TPSA) is 90.9 Å². The second kappa shape index (κ2) is 7.67. The largest absolute Gasteiger partial charge is 0.324 e. The first-order valence-corrected chi connectivity index (χ1v) is 10.9. The standard InChI is InChI=1S/C16H22N4O2S2/c17-9-15-18-19-16(20(15)10-13-5-2-1-3-6-13)23-11-14-7-4-8-24(21,22)12-14/h1-3,5-6,14H,4,7-12,17H2/t14-/m0/s1. The summed E-state index contributed by atoms with van der Waals surface area (Å²) in [5.41, 5.74) is 6.94. The van der Waals surface area contributed by atoms with Crippen LogP contribution in [0.3, 0.4) is 0 Å². The third-order valence-electron chi connectivity index (χ3n) is 4.17. The molecule has 2 heterocycles. The maximum Gasteiger partial charge on any atom is 0.191 e. The summed E-state index contributed by atoms with van der Waals surface area (Å²) in [6.45, 7) is 1.00. The van der Waals surface area contributed by atoms with Crippen molar-refractivity contribution >= 4 is 21.6 Å². The SMILES string of the molecule is NCc1nnc(SC[C@@H]2CCCS(=O)(=O)C2)n1Cc1ccccc1. The van der Waals surface area contributed by atoms with Crippen molar-refractivity contribution in [3.05, 3.63) is 41.7 Å². The van der Waals surface area contributed by atoms with Gasteiger partial charge in [-0.1, -0.05) is 42.1 Å². The molecule has 2 N–H and O–H groups in total. The lowest BCUT2D eigenvalue weighted by Gasteiger charge is -2.21. The molecule has 8 heteroatoms. The summed E-state index contributed by atoms with van der Waals surface area (Å²) in [7, 11) is -2.87. The summed E-state index contributed by atoms with van der Waals surface area (Å²) in [5.74, 6) is 2.30. The van der Waals surface area contributed by atoms with Crippen molar-refractivity contribution in [3.8, 4) is 0 Å². The molecule has 0 amide bonds. The van der Waals surface area contributed by atoms with Gasteiger partial charge < -0.3 is 10.3 Å². The number of benzene rings is 1. The highest BCUT2D eigenvalue weighted by molar-refractivity contribution is 7.99. The molecule has 0 radical (unpaired) electrons. The van der Waals surface area contributed by atoms with Gasteiger partial charge in [-0.3, -0.25) is 0 Å². The fraction of sp³-hybridized carbons (Fsp3) is 0.500. The molecule has 3 rings (SSSR count). The number of aromatic nitrogens is 3. The molecule has 1 aromatic heterocycles. The van der Waals surface area contributed by atoms with Gasteiger partial charge >= 0.3 is 0 Å². The summed E-state index contributed by atoms with van der Waals surface area (Å²) in [4.78, 5) is 0. The highest BCUT2D eigenvalue weighted by atomic mass is 32.2. The molecular weight excluding hydrogens is 344 g/mol. The molecule has 1 aliphatic rings. The fourth-order valence-electron chi connectivity index (χ4n) is 2.94. The van der Waals surface area contributed by atoms with Gasteiger partial charge in [0, 0.05) is 5.75 Å². The number of hydrogen-bond donors (Lipinski definition) is 1. The van der Waals surface area contributed by atoms with E-state index in [0.29, 0.717) is 18.8 Å². The van der Waals surface area contributed by atoms with E-state index in [0.717, 1.165) is 35.1 Å². The molecule has 0 aliphatic carbocycles. The predicted octanol–water partition coefficient (Wildman–Crippen LogP) is 1.70. The number of nitrogens with zero attached hydrogens (tertiary/aromatic N) is 3. The van der Waals surface area contributed by atoms with Gasteiger partial charge in [0.2, 0.25) is 0 Å². The first kappa shape index (κ1) is 17.4. The molecule has 6 nitrogen and oxygen atoms in total. The summed E-state index contributed by atoms with van der Waals surface area (Å²) in [6.07, 6.45) is 1.72. The van der Waals surface area contributed by atoms with Crippen molar-refractivity contribution in [1.82, 2.24) is 14.8 Å². The van der Waals surface area contributed by atoms with Crippen LogP contribution in [0.1, 0.15) is 24.2 Å². The maximum atomic E-state index is 11.8. The van der Waals surface area contributed by atoms with Gasteiger partial charge in [0.05, 0.1) is 24.6 Å². The minimum Gasteiger partial charge on any atom is -0.324 e. The van der Waals surface area contributed by atoms with Crippen LogP contribution in [0.5, 0.6) is 0 Å². The molecule has 1 atom stereocenters. The second-order valence-corrected chi connectivity index (χ2v) is 9.32. The summed E-state index contributed by atoms with van der Waals surface area (Å²) in [6, 6.07) is 10.1. The van der Waals surface area contributed by atoms with Crippen molar-refractivity contribution in [3.63, 3.8) is 0 Å². The fourth-order valence-corrected chi connectivity index (χ4v) is 5.96. The van der Waals surface area contributed by atoms with Crippen LogP contribution < -0.4 is 5.73 Å². The Morgan fingerprint density at radius 3 is 2.75 bits per heavy atom. The van der Waals surface area contributed by atoms with E-state index in [2.05, 4.69) is 22.3 Å². The van der Waals surface area contributed by atoms with Gasteiger partial charge in [-0.2, -0.15) is 0 Å². The zero-order chi connectivity index (χ0) is 17.0. The van der Waals surface area contributed by atoms with Crippen LogP contribution in [0.4, 0.5) is 0 Å². The molecule has 0 spiro atoms. The maximum absolute atomic E-state index is 11.8. The lowest BCUT2D eigenvalue weighted by molar-refractivity contribution is 0.520. The van der Waals surface area contributed by atoms with E-state index in [9.17, 15) is 8.42 Å². The summed E-state index contributed by atoms with van der Waals surface area (Å²) < 4.78 is 25.6. The highest BCUT2D eigenvalue weighted by Crippen LogP contribution is 2.26. The number of sulfone groups is 1. The van der Waals surface area contributed by atoms with Crippen molar-refractivity contribution in [1.29, 1.82) is 0 Å². The Hall–Kier alpha value is -1.38. The van der Waals surface area contributed by atoms with E-state index in [1.54, 1.807) is 11.8 Å². The van der Waals surface area contributed by atoms with Gasteiger partial charge in [0.25, 0.3) is 0 Å². The average molecular weight is 367 g/mol. The van der Waals surface area contributed by atoms with E-state index in [-0.39, 0.29) is 11.7 Å². The van der Waals surface area contributed by atoms with Crippen LogP contribution in [0.25, 0.3) is 0 Å². The monoisotopic (exact) mass is 366 g/mol. The lowest BCUT2D eigenvalue weighted by Crippen LogP contribution is -2.26. The van der Waals surface area contributed by atoms with Crippen LogP contribution in [-0.4, -0.2) is 40.4 Å². The Morgan fingerprint density at radius 1 is 1.25 bits per heavy atom. The van der Waals surface area contributed by atoms with Crippen LogP contribution >= 0.6 is 11.8 Å². The van der Waals surface area contributed by atoms with Gasteiger partial charge in [0.1, 0.15) is 5.82 Å². The van der Waals surface area contributed by atoms with Crippen LogP contribution in [0, 0.1) is 5.92 Å². The van der Waals surface area contributed by atoms with Gasteiger partial charge in [0.15, 0.2) is 15.0 Å². The molecule has 1 aliphatic heterocycles. The van der Waals surface area contributed by atoms with E-state index < -0.39 is 9.84 Å². The number of thioether (sulfide) groups is 1.